The number of hydrogen-bond acceptors (Lipinski definition) is 1. The van der Waals surface area contributed by atoms with Crippen molar-refractivity contribution in [2.45, 2.75) is 27.2 Å². The molecule has 0 spiro atoms. The second-order valence-corrected chi connectivity index (χ2v) is 4.05. The van der Waals surface area contributed by atoms with Crippen LogP contribution in [0.15, 0.2) is 18.2 Å². The van der Waals surface area contributed by atoms with Gasteiger partial charge in [0.1, 0.15) is 0 Å². The molecule has 0 atom stereocenters. The van der Waals surface area contributed by atoms with Crippen LogP contribution in [0.1, 0.15) is 35.3 Å². The van der Waals surface area contributed by atoms with Crippen LogP contribution in [0, 0.1) is 12.8 Å². The Morgan fingerprint density at radius 2 is 2.07 bits per heavy atom. The molecule has 0 aliphatic rings. The number of hydrogen-bond donors (Lipinski definition) is 1. The smallest absolute Gasteiger partial charge is 0.335 e. The summed E-state index contributed by atoms with van der Waals surface area (Å²) in [6.07, 6.45) is 1.00. The SMILES string of the molecule is Cc1cc(CC(C)C)ccc1C(=O)O. The lowest BCUT2D eigenvalue weighted by atomic mass is 9.98. The highest BCUT2D eigenvalue weighted by Gasteiger charge is 2.07. The summed E-state index contributed by atoms with van der Waals surface area (Å²) in [5, 5.41) is 8.84. The lowest BCUT2D eigenvalue weighted by Gasteiger charge is -2.07. The monoisotopic (exact) mass is 192 g/mol. The number of aryl methyl sites for hydroxylation is 1. The van der Waals surface area contributed by atoms with Gasteiger partial charge in [0.25, 0.3) is 0 Å². The molecule has 0 heterocycles. The third kappa shape index (κ3) is 2.59. The van der Waals surface area contributed by atoms with Gasteiger partial charge in [0.15, 0.2) is 0 Å². The summed E-state index contributed by atoms with van der Waals surface area (Å²) in [5.74, 6) is -0.247. The van der Waals surface area contributed by atoms with Crippen LogP contribution in [-0.4, -0.2) is 11.1 Å². The Morgan fingerprint density at radius 3 is 2.50 bits per heavy atom. The third-order valence-electron chi connectivity index (χ3n) is 2.17. The van der Waals surface area contributed by atoms with E-state index < -0.39 is 5.97 Å². The molecule has 76 valence electrons. The Bertz CT molecular complexity index is 340. The van der Waals surface area contributed by atoms with Crippen molar-refractivity contribution < 1.29 is 9.90 Å². The lowest BCUT2D eigenvalue weighted by molar-refractivity contribution is 0.0696. The largest absolute Gasteiger partial charge is 0.478 e. The first-order valence-electron chi connectivity index (χ1n) is 4.83. The maximum Gasteiger partial charge on any atom is 0.335 e. The van der Waals surface area contributed by atoms with Crippen LogP contribution in [-0.2, 0) is 6.42 Å². The molecule has 0 radical (unpaired) electrons. The minimum Gasteiger partial charge on any atom is -0.478 e. The highest BCUT2D eigenvalue weighted by Crippen LogP contribution is 2.14. The van der Waals surface area contributed by atoms with E-state index in [0.29, 0.717) is 11.5 Å². The summed E-state index contributed by atoms with van der Waals surface area (Å²) >= 11 is 0. The maximum atomic E-state index is 10.8. The van der Waals surface area contributed by atoms with Gasteiger partial charge in [0, 0.05) is 0 Å². The van der Waals surface area contributed by atoms with E-state index in [2.05, 4.69) is 13.8 Å². The molecular weight excluding hydrogens is 176 g/mol. The standard InChI is InChI=1S/C12H16O2/c1-8(2)6-10-4-5-11(12(13)14)9(3)7-10/h4-5,7-8H,6H2,1-3H3,(H,13,14). The van der Waals surface area contributed by atoms with Crippen molar-refractivity contribution >= 4 is 5.97 Å². The van der Waals surface area contributed by atoms with Crippen LogP contribution in [0.5, 0.6) is 0 Å². The van der Waals surface area contributed by atoms with Crippen molar-refractivity contribution in [3.8, 4) is 0 Å². The summed E-state index contributed by atoms with van der Waals surface area (Å²) in [6, 6.07) is 5.55. The van der Waals surface area contributed by atoms with Crippen LogP contribution in [0.4, 0.5) is 0 Å². The van der Waals surface area contributed by atoms with Crippen molar-refractivity contribution in [3.05, 3.63) is 34.9 Å². The van der Waals surface area contributed by atoms with E-state index >= 15 is 0 Å². The average molecular weight is 192 g/mol. The van der Waals surface area contributed by atoms with Crippen molar-refractivity contribution in [3.63, 3.8) is 0 Å². The summed E-state index contributed by atoms with van der Waals surface area (Å²) in [5.41, 5.74) is 2.45. The van der Waals surface area contributed by atoms with Gasteiger partial charge < -0.3 is 5.11 Å². The van der Waals surface area contributed by atoms with Crippen LogP contribution in [0.2, 0.25) is 0 Å². The molecule has 0 saturated carbocycles. The molecule has 2 nitrogen and oxygen atoms in total. The van der Waals surface area contributed by atoms with E-state index in [1.807, 2.05) is 19.1 Å². The zero-order valence-electron chi connectivity index (χ0n) is 8.87. The lowest BCUT2D eigenvalue weighted by Crippen LogP contribution is -2.01. The van der Waals surface area contributed by atoms with Gasteiger partial charge in [-0.05, 0) is 36.5 Å². The van der Waals surface area contributed by atoms with E-state index in [9.17, 15) is 4.79 Å². The second kappa shape index (κ2) is 4.27. The second-order valence-electron chi connectivity index (χ2n) is 4.05. The number of benzene rings is 1. The fourth-order valence-corrected chi connectivity index (χ4v) is 1.56. The molecule has 0 aliphatic heterocycles. The summed E-state index contributed by atoms with van der Waals surface area (Å²) in [6.45, 7) is 6.15. The van der Waals surface area contributed by atoms with Gasteiger partial charge in [-0.1, -0.05) is 26.0 Å². The maximum absolute atomic E-state index is 10.8. The fraction of sp³-hybridized carbons (Fsp3) is 0.417. The molecule has 1 aromatic rings. The van der Waals surface area contributed by atoms with Crippen LogP contribution in [0.25, 0.3) is 0 Å². The molecule has 0 amide bonds. The van der Waals surface area contributed by atoms with E-state index in [1.165, 1.54) is 5.56 Å². The Labute approximate surface area is 84.6 Å². The predicted molar refractivity (Wildman–Crippen MR) is 56.7 cm³/mol. The zero-order chi connectivity index (χ0) is 10.7. The first-order chi connectivity index (χ1) is 6.50. The molecule has 0 saturated heterocycles. The number of rotatable bonds is 3. The quantitative estimate of drug-likeness (QED) is 0.799. The summed E-state index contributed by atoms with van der Waals surface area (Å²) in [7, 11) is 0. The minimum atomic E-state index is -0.849. The van der Waals surface area contributed by atoms with E-state index in [1.54, 1.807) is 6.07 Å². The van der Waals surface area contributed by atoms with Gasteiger partial charge in [0.05, 0.1) is 5.56 Å². The first-order valence-corrected chi connectivity index (χ1v) is 4.83. The summed E-state index contributed by atoms with van der Waals surface area (Å²) in [4.78, 5) is 10.8. The molecule has 14 heavy (non-hydrogen) atoms. The predicted octanol–water partition coefficient (Wildman–Crippen LogP) is 2.89. The Kier molecular flexibility index (Phi) is 3.28. The van der Waals surface area contributed by atoms with Gasteiger partial charge in [0.2, 0.25) is 0 Å². The van der Waals surface area contributed by atoms with E-state index in [0.717, 1.165) is 12.0 Å². The molecule has 1 rings (SSSR count). The fourth-order valence-electron chi connectivity index (χ4n) is 1.56. The van der Waals surface area contributed by atoms with Crippen molar-refractivity contribution in [1.82, 2.24) is 0 Å². The van der Waals surface area contributed by atoms with Crippen molar-refractivity contribution in [1.29, 1.82) is 0 Å². The molecule has 1 N–H and O–H groups in total. The van der Waals surface area contributed by atoms with Crippen molar-refractivity contribution in [2.24, 2.45) is 5.92 Å². The molecule has 1 aromatic carbocycles. The first kappa shape index (κ1) is 10.8. The number of carbonyl (C=O) groups is 1. The van der Waals surface area contributed by atoms with Crippen LogP contribution in [0.3, 0.4) is 0 Å². The number of carboxylic acid groups (broad SMARTS) is 1. The normalized spacial score (nSPS) is 10.6. The Balaban J connectivity index is 2.94. The topological polar surface area (TPSA) is 37.3 Å². The summed E-state index contributed by atoms with van der Waals surface area (Å²) < 4.78 is 0. The number of aromatic carboxylic acids is 1. The molecule has 0 unspecified atom stereocenters. The van der Waals surface area contributed by atoms with Gasteiger partial charge in [-0.25, -0.2) is 4.79 Å². The average Bonchev–Trinajstić information content (AvgIpc) is 2.01. The van der Waals surface area contributed by atoms with Gasteiger partial charge in [-0.3, -0.25) is 0 Å². The molecule has 0 bridgehead atoms. The van der Waals surface area contributed by atoms with Gasteiger partial charge in [-0.2, -0.15) is 0 Å². The van der Waals surface area contributed by atoms with Gasteiger partial charge in [-0.15, -0.1) is 0 Å². The zero-order valence-corrected chi connectivity index (χ0v) is 8.87. The molecule has 0 aromatic heterocycles. The van der Waals surface area contributed by atoms with Crippen molar-refractivity contribution in [2.75, 3.05) is 0 Å². The Hall–Kier alpha value is -1.31. The van der Waals surface area contributed by atoms with Crippen LogP contribution < -0.4 is 0 Å². The highest BCUT2D eigenvalue weighted by atomic mass is 16.4. The molecule has 0 fully saturated rings. The highest BCUT2D eigenvalue weighted by molar-refractivity contribution is 5.89. The Morgan fingerprint density at radius 1 is 1.43 bits per heavy atom. The van der Waals surface area contributed by atoms with E-state index in [4.69, 9.17) is 5.11 Å². The number of carboxylic acids is 1. The molecule has 0 aliphatic carbocycles. The van der Waals surface area contributed by atoms with Gasteiger partial charge >= 0.3 is 5.97 Å². The molecule has 2 heteroatoms. The minimum absolute atomic E-state index is 0.400. The van der Waals surface area contributed by atoms with E-state index in [-0.39, 0.29) is 0 Å². The van der Waals surface area contributed by atoms with Crippen LogP contribution >= 0.6 is 0 Å². The molecular formula is C12H16O2. The third-order valence-corrected chi connectivity index (χ3v) is 2.17.